The molecular formula is C30H35Cl2N3O5S. The number of rotatable bonds is 12. The molecule has 0 aliphatic rings. The maximum atomic E-state index is 14.0. The van der Waals surface area contributed by atoms with Crippen molar-refractivity contribution in [1.29, 1.82) is 0 Å². The summed E-state index contributed by atoms with van der Waals surface area (Å²) in [5.41, 5.74) is 1.74. The summed E-state index contributed by atoms with van der Waals surface area (Å²) in [6, 6.07) is 16.7. The molecule has 8 nitrogen and oxygen atoms in total. The van der Waals surface area contributed by atoms with Gasteiger partial charge in [-0.15, -0.1) is 0 Å². The number of ether oxygens (including phenoxy) is 1. The lowest BCUT2D eigenvalue weighted by atomic mass is 10.1. The van der Waals surface area contributed by atoms with Gasteiger partial charge >= 0.3 is 0 Å². The lowest BCUT2D eigenvalue weighted by Crippen LogP contribution is -2.52. The molecule has 2 amide bonds. The molecule has 41 heavy (non-hydrogen) atoms. The van der Waals surface area contributed by atoms with E-state index in [1.165, 1.54) is 35.2 Å². The molecule has 0 radical (unpaired) electrons. The molecule has 0 aromatic heterocycles. The molecule has 0 spiro atoms. The molecular weight excluding hydrogens is 585 g/mol. The fourth-order valence-corrected chi connectivity index (χ4v) is 5.94. The third kappa shape index (κ3) is 8.38. The first-order chi connectivity index (χ1) is 19.3. The van der Waals surface area contributed by atoms with Crippen LogP contribution >= 0.6 is 23.2 Å². The zero-order valence-corrected chi connectivity index (χ0v) is 26.1. The Morgan fingerprint density at radius 3 is 2.07 bits per heavy atom. The molecule has 0 fully saturated rings. The van der Waals surface area contributed by atoms with Crippen LogP contribution in [0.5, 0.6) is 5.75 Å². The van der Waals surface area contributed by atoms with Crippen molar-refractivity contribution < 1.29 is 22.7 Å². The van der Waals surface area contributed by atoms with Gasteiger partial charge in [-0.25, -0.2) is 8.42 Å². The van der Waals surface area contributed by atoms with E-state index >= 15 is 0 Å². The highest BCUT2D eigenvalue weighted by atomic mass is 35.5. The molecule has 0 bridgehead atoms. The maximum absolute atomic E-state index is 14.0. The number of amides is 2. The lowest BCUT2D eigenvalue weighted by Gasteiger charge is -2.32. The van der Waals surface area contributed by atoms with Crippen molar-refractivity contribution in [3.8, 4) is 5.75 Å². The minimum absolute atomic E-state index is 0.00346. The van der Waals surface area contributed by atoms with Crippen LogP contribution in [-0.4, -0.2) is 50.9 Å². The molecule has 220 valence electrons. The van der Waals surface area contributed by atoms with Gasteiger partial charge in [0.25, 0.3) is 10.0 Å². The summed E-state index contributed by atoms with van der Waals surface area (Å²) in [6.45, 7) is 6.75. The van der Waals surface area contributed by atoms with Crippen molar-refractivity contribution >= 4 is 50.7 Å². The summed E-state index contributed by atoms with van der Waals surface area (Å²) in [4.78, 5) is 28.5. The number of sulfonamides is 1. The maximum Gasteiger partial charge on any atom is 0.264 e. The van der Waals surface area contributed by atoms with Crippen molar-refractivity contribution in [1.82, 2.24) is 10.2 Å². The van der Waals surface area contributed by atoms with E-state index < -0.39 is 28.5 Å². The van der Waals surface area contributed by atoms with Gasteiger partial charge < -0.3 is 15.0 Å². The fraction of sp³-hybridized carbons (Fsp3) is 0.333. The fourth-order valence-electron chi connectivity index (χ4n) is 4.03. The van der Waals surface area contributed by atoms with Crippen LogP contribution < -0.4 is 14.4 Å². The standard InChI is InChI=1S/C30H35Cl2N3O5S/c1-6-21(3)33-30(37)22(4)34(18-23-9-11-27(40-5)12-10-23)29(36)19-35(26-16-24(31)15-25(32)17-26)41(38,39)28-13-7-20(2)8-14-28/h7-17,21-22H,6,18-19H2,1-5H3,(H,33,37)/t21-,22+/m0/s1. The quantitative estimate of drug-likeness (QED) is 0.275. The minimum Gasteiger partial charge on any atom is -0.497 e. The van der Waals surface area contributed by atoms with Crippen molar-refractivity contribution in [2.75, 3.05) is 18.0 Å². The SMILES string of the molecule is CC[C@H](C)NC(=O)[C@@H](C)N(Cc1ccc(OC)cc1)C(=O)CN(c1cc(Cl)cc(Cl)c1)S(=O)(=O)c1ccc(C)cc1. The van der Waals surface area contributed by atoms with E-state index in [-0.39, 0.29) is 39.1 Å². The van der Waals surface area contributed by atoms with Crippen LogP contribution in [0.4, 0.5) is 5.69 Å². The Balaban J connectivity index is 2.05. The van der Waals surface area contributed by atoms with E-state index in [0.29, 0.717) is 12.2 Å². The molecule has 0 aliphatic heterocycles. The zero-order chi connectivity index (χ0) is 30.3. The normalized spacial score (nSPS) is 12.8. The summed E-state index contributed by atoms with van der Waals surface area (Å²) >= 11 is 12.5. The van der Waals surface area contributed by atoms with Crippen LogP contribution in [0.2, 0.25) is 10.0 Å². The molecule has 3 rings (SSSR count). The molecule has 2 atom stereocenters. The summed E-state index contributed by atoms with van der Waals surface area (Å²) in [7, 11) is -2.68. The second kappa shape index (κ2) is 14.1. The van der Waals surface area contributed by atoms with Gasteiger partial charge in [0.05, 0.1) is 17.7 Å². The lowest BCUT2D eigenvalue weighted by molar-refractivity contribution is -0.139. The molecule has 11 heteroatoms. The molecule has 0 saturated carbocycles. The number of methoxy groups -OCH3 is 1. The molecule has 1 N–H and O–H groups in total. The van der Waals surface area contributed by atoms with E-state index in [1.54, 1.807) is 50.4 Å². The highest BCUT2D eigenvalue weighted by Crippen LogP contribution is 2.30. The van der Waals surface area contributed by atoms with E-state index in [2.05, 4.69) is 5.32 Å². The Kier molecular flexibility index (Phi) is 11.1. The molecule has 3 aromatic carbocycles. The van der Waals surface area contributed by atoms with Gasteiger partial charge in [0.2, 0.25) is 11.8 Å². The van der Waals surface area contributed by atoms with Gasteiger partial charge in [0.1, 0.15) is 18.3 Å². The van der Waals surface area contributed by atoms with Gasteiger partial charge in [-0.3, -0.25) is 13.9 Å². The Labute approximate surface area is 252 Å². The zero-order valence-electron chi connectivity index (χ0n) is 23.7. The average Bonchev–Trinajstić information content (AvgIpc) is 2.93. The topological polar surface area (TPSA) is 96.0 Å². The number of carbonyl (C=O) groups is 2. The Morgan fingerprint density at radius 1 is 0.951 bits per heavy atom. The van der Waals surface area contributed by atoms with Crippen molar-refractivity contribution in [2.45, 2.75) is 57.6 Å². The van der Waals surface area contributed by atoms with Crippen LogP contribution in [0.1, 0.15) is 38.3 Å². The molecule has 0 saturated heterocycles. The largest absolute Gasteiger partial charge is 0.497 e. The summed E-state index contributed by atoms with van der Waals surface area (Å²) < 4.78 is 34.0. The van der Waals surface area contributed by atoms with Crippen LogP contribution in [0, 0.1) is 6.92 Å². The van der Waals surface area contributed by atoms with Crippen LogP contribution in [0.15, 0.2) is 71.6 Å². The number of carbonyl (C=O) groups excluding carboxylic acids is 2. The Hall–Kier alpha value is -3.27. The Morgan fingerprint density at radius 2 is 1.54 bits per heavy atom. The number of benzene rings is 3. The number of anilines is 1. The average molecular weight is 621 g/mol. The predicted molar refractivity (Wildman–Crippen MR) is 163 cm³/mol. The summed E-state index contributed by atoms with van der Waals surface area (Å²) in [6.07, 6.45) is 0.711. The van der Waals surface area contributed by atoms with Gasteiger partial charge in [0.15, 0.2) is 0 Å². The van der Waals surface area contributed by atoms with Crippen molar-refractivity contribution in [3.63, 3.8) is 0 Å². The van der Waals surface area contributed by atoms with Gasteiger partial charge in [0, 0.05) is 22.6 Å². The van der Waals surface area contributed by atoms with E-state index in [1.807, 2.05) is 20.8 Å². The van der Waals surface area contributed by atoms with Crippen LogP contribution in [0.25, 0.3) is 0 Å². The predicted octanol–water partition coefficient (Wildman–Crippen LogP) is 5.84. The number of hydrogen-bond donors (Lipinski definition) is 1. The first-order valence-electron chi connectivity index (χ1n) is 13.1. The molecule has 0 heterocycles. The van der Waals surface area contributed by atoms with Crippen molar-refractivity contribution in [2.24, 2.45) is 0 Å². The third-order valence-corrected chi connectivity index (χ3v) is 8.93. The van der Waals surface area contributed by atoms with Gasteiger partial charge in [-0.1, -0.05) is 60.0 Å². The van der Waals surface area contributed by atoms with Crippen LogP contribution in [-0.2, 0) is 26.2 Å². The molecule has 0 unspecified atom stereocenters. The van der Waals surface area contributed by atoms with E-state index in [4.69, 9.17) is 27.9 Å². The highest BCUT2D eigenvalue weighted by molar-refractivity contribution is 7.92. The second-order valence-corrected chi connectivity index (χ2v) is 12.6. The van der Waals surface area contributed by atoms with E-state index in [0.717, 1.165) is 15.4 Å². The molecule has 0 aliphatic carbocycles. The Bertz CT molecular complexity index is 1440. The minimum atomic E-state index is -4.23. The van der Waals surface area contributed by atoms with Crippen LogP contribution in [0.3, 0.4) is 0 Å². The number of nitrogens with one attached hydrogen (secondary N) is 1. The third-order valence-electron chi connectivity index (χ3n) is 6.70. The highest BCUT2D eigenvalue weighted by Gasteiger charge is 2.33. The summed E-state index contributed by atoms with van der Waals surface area (Å²) in [5.74, 6) is -0.290. The van der Waals surface area contributed by atoms with Crippen molar-refractivity contribution in [3.05, 3.63) is 87.9 Å². The summed E-state index contributed by atoms with van der Waals surface area (Å²) in [5, 5.41) is 3.33. The first kappa shape index (κ1) is 32.2. The van der Waals surface area contributed by atoms with E-state index in [9.17, 15) is 18.0 Å². The monoisotopic (exact) mass is 619 g/mol. The van der Waals surface area contributed by atoms with Gasteiger partial charge in [-0.2, -0.15) is 0 Å². The number of nitrogens with zero attached hydrogens (tertiary/aromatic N) is 2. The number of halogens is 2. The second-order valence-electron chi connectivity index (χ2n) is 9.82. The number of hydrogen-bond acceptors (Lipinski definition) is 5. The first-order valence-corrected chi connectivity index (χ1v) is 15.3. The smallest absolute Gasteiger partial charge is 0.264 e. The van der Waals surface area contributed by atoms with Gasteiger partial charge in [-0.05, 0) is 75.2 Å². The number of aryl methyl sites for hydroxylation is 1. The molecule has 3 aromatic rings.